The lowest BCUT2D eigenvalue weighted by Gasteiger charge is -2.44. The lowest BCUT2D eigenvalue weighted by molar-refractivity contribution is 0.0961. The summed E-state index contributed by atoms with van der Waals surface area (Å²) < 4.78 is 0. The average molecular weight is 389 g/mol. The summed E-state index contributed by atoms with van der Waals surface area (Å²) in [6, 6.07) is 0. The second-order valence-corrected chi connectivity index (χ2v) is 9.70. The summed E-state index contributed by atoms with van der Waals surface area (Å²) in [4.78, 5) is 0. The van der Waals surface area contributed by atoms with E-state index >= 15 is 0 Å². The molecule has 0 aliphatic heterocycles. The summed E-state index contributed by atoms with van der Waals surface area (Å²) in [5.41, 5.74) is 3.86. The van der Waals surface area contributed by atoms with Crippen molar-refractivity contribution in [1.82, 2.24) is 0 Å². The molecule has 0 aromatic heterocycles. The van der Waals surface area contributed by atoms with E-state index in [2.05, 4.69) is 32.9 Å². The van der Waals surface area contributed by atoms with Crippen LogP contribution in [0.15, 0.2) is 34.9 Å². The van der Waals surface area contributed by atoms with Crippen LogP contribution in [0.2, 0.25) is 0 Å². The molecule has 3 heteroatoms. The summed E-state index contributed by atoms with van der Waals surface area (Å²) in [5, 5.41) is 29.8. The summed E-state index contributed by atoms with van der Waals surface area (Å²) >= 11 is 0. The van der Waals surface area contributed by atoms with Crippen LogP contribution in [-0.4, -0.2) is 34.1 Å². The third kappa shape index (κ3) is 4.32. The fourth-order valence-corrected chi connectivity index (χ4v) is 6.40. The van der Waals surface area contributed by atoms with Gasteiger partial charge in [0, 0.05) is 6.61 Å². The molecule has 0 spiro atoms. The first-order valence-electron chi connectivity index (χ1n) is 11.5. The molecule has 3 fully saturated rings. The largest absolute Gasteiger partial charge is 0.396 e. The smallest absolute Gasteiger partial charge is 0.0812 e. The minimum Gasteiger partial charge on any atom is -0.396 e. The SMILES string of the molecule is CC[C@@H](C)[C@H]1CC[C@H]2/C(=C/C=C3C[C@@H](O)C(=CCCO)[C@H](O)C3)CCC[C@]12C. The van der Waals surface area contributed by atoms with E-state index < -0.39 is 12.2 Å². The van der Waals surface area contributed by atoms with E-state index in [1.54, 1.807) is 11.6 Å². The molecule has 3 N–H and O–H groups in total. The molecule has 158 valence electrons. The van der Waals surface area contributed by atoms with Crippen molar-refractivity contribution in [3.63, 3.8) is 0 Å². The second kappa shape index (κ2) is 9.28. The van der Waals surface area contributed by atoms with Crippen molar-refractivity contribution in [2.75, 3.05) is 6.61 Å². The molecule has 0 amide bonds. The monoisotopic (exact) mass is 388 g/mol. The van der Waals surface area contributed by atoms with Gasteiger partial charge in [0.05, 0.1) is 12.2 Å². The van der Waals surface area contributed by atoms with E-state index in [9.17, 15) is 10.2 Å². The van der Waals surface area contributed by atoms with E-state index in [1.807, 2.05) is 0 Å². The zero-order valence-corrected chi connectivity index (χ0v) is 18.0. The van der Waals surface area contributed by atoms with Crippen molar-refractivity contribution < 1.29 is 15.3 Å². The minimum atomic E-state index is -0.627. The highest BCUT2D eigenvalue weighted by Gasteiger charge is 2.50. The first-order chi connectivity index (χ1) is 13.4. The molecule has 3 aliphatic rings. The molecular formula is C25H40O3. The summed E-state index contributed by atoms with van der Waals surface area (Å²) in [5.74, 6) is 2.35. The Labute approximate surface area is 171 Å². The van der Waals surface area contributed by atoms with E-state index in [0.717, 1.165) is 17.4 Å². The van der Waals surface area contributed by atoms with Crippen molar-refractivity contribution in [3.05, 3.63) is 34.9 Å². The Kier molecular flexibility index (Phi) is 7.22. The van der Waals surface area contributed by atoms with Gasteiger partial charge in [-0.1, -0.05) is 56.6 Å². The maximum Gasteiger partial charge on any atom is 0.0812 e. The van der Waals surface area contributed by atoms with E-state index in [-0.39, 0.29) is 6.61 Å². The first-order valence-corrected chi connectivity index (χ1v) is 11.5. The quantitative estimate of drug-likeness (QED) is 0.586. The molecule has 0 heterocycles. The second-order valence-electron chi connectivity index (χ2n) is 9.70. The van der Waals surface area contributed by atoms with Gasteiger partial charge in [-0.05, 0) is 80.1 Å². The molecule has 0 bridgehead atoms. The van der Waals surface area contributed by atoms with Gasteiger partial charge in [0.1, 0.15) is 0 Å². The number of rotatable bonds is 5. The van der Waals surface area contributed by atoms with Crippen LogP contribution >= 0.6 is 0 Å². The predicted octanol–water partition coefficient (Wildman–Crippen LogP) is 4.93. The molecule has 0 saturated heterocycles. The first kappa shape index (κ1) is 21.8. The van der Waals surface area contributed by atoms with Gasteiger partial charge in [-0.15, -0.1) is 0 Å². The molecule has 3 nitrogen and oxygen atoms in total. The van der Waals surface area contributed by atoms with Crippen LogP contribution in [0.4, 0.5) is 0 Å². The summed E-state index contributed by atoms with van der Waals surface area (Å²) in [6.45, 7) is 7.35. The van der Waals surface area contributed by atoms with Crippen LogP contribution in [0.1, 0.15) is 78.6 Å². The molecule has 3 saturated carbocycles. The molecule has 28 heavy (non-hydrogen) atoms. The number of hydrogen-bond acceptors (Lipinski definition) is 3. The van der Waals surface area contributed by atoms with Crippen LogP contribution in [0.25, 0.3) is 0 Å². The zero-order chi connectivity index (χ0) is 20.3. The van der Waals surface area contributed by atoms with Gasteiger partial charge in [0.2, 0.25) is 0 Å². The Balaban J connectivity index is 1.74. The van der Waals surface area contributed by atoms with Crippen LogP contribution < -0.4 is 0 Å². The normalized spacial score (nSPS) is 38.4. The van der Waals surface area contributed by atoms with Gasteiger partial charge in [-0.25, -0.2) is 0 Å². The standard InChI is InChI=1S/C25H40O3/c1-4-17(2)21-11-12-22-19(7-5-13-25(21,22)3)10-9-18-15-23(27)20(8-6-14-26)24(28)16-18/h8-10,17,21-24,26-28H,4-7,11-16H2,1-3H3/b18-9?,19-10+,20-8?/t17-,21-,22+,23-,24-,25-/m1/s1. The Hall–Kier alpha value is -0.900. The molecule has 0 unspecified atom stereocenters. The van der Waals surface area contributed by atoms with Crippen LogP contribution in [-0.2, 0) is 0 Å². The maximum absolute atomic E-state index is 10.4. The zero-order valence-electron chi connectivity index (χ0n) is 18.0. The molecule has 6 atom stereocenters. The highest BCUT2D eigenvalue weighted by atomic mass is 16.3. The van der Waals surface area contributed by atoms with Gasteiger partial charge in [0.15, 0.2) is 0 Å². The third-order valence-electron chi connectivity index (χ3n) is 8.09. The number of hydrogen-bond donors (Lipinski definition) is 3. The van der Waals surface area contributed by atoms with Crippen LogP contribution in [0.5, 0.6) is 0 Å². The molecular weight excluding hydrogens is 348 g/mol. The fraction of sp³-hybridized carbons (Fsp3) is 0.760. The Morgan fingerprint density at radius 3 is 2.50 bits per heavy atom. The third-order valence-corrected chi connectivity index (χ3v) is 8.09. The molecule has 3 rings (SSSR count). The van der Waals surface area contributed by atoms with E-state index in [1.165, 1.54) is 38.5 Å². The molecule has 0 radical (unpaired) electrons. The van der Waals surface area contributed by atoms with Gasteiger partial charge >= 0.3 is 0 Å². The lowest BCUT2D eigenvalue weighted by Crippen LogP contribution is -2.35. The molecule has 0 aromatic rings. The van der Waals surface area contributed by atoms with Gasteiger partial charge < -0.3 is 15.3 Å². The Morgan fingerprint density at radius 2 is 1.86 bits per heavy atom. The maximum atomic E-state index is 10.4. The van der Waals surface area contributed by atoms with Crippen molar-refractivity contribution in [2.24, 2.45) is 23.2 Å². The van der Waals surface area contributed by atoms with Crippen molar-refractivity contribution in [2.45, 2.75) is 90.8 Å². The minimum absolute atomic E-state index is 0.0511. The predicted molar refractivity (Wildman–Crippen MR) is 115 cm³/mol. The number of allylic oxidation sites excluding steroid dienone is 3. The van der Waals surface area contributed by atoms with Gasteiger partial charge in [0.25, 0.3) is 0 Å². The van der Waals surface area contributed by atoms with Crippen LogP contribution in [0.3, 0.4) is 0 Å². The lowest BCUT2D eigenvalue weighted by atomic mass is 9.61. The molecule has 3 aliphatic carbocycles. The Morgan fingerprint density at radius 1 is 1.14 bits per heavy atom. The van der Waals surface area contributed by atoms with Gasteiger partial charge in [-0.2, -0.15) is 0 Å². The molecule has 0 aromatic carbocycles. The highest BCUT2D eigenvalue weighted by molar-refractivity contribution is 5.30. The highest BCUT2D eigenvalue weighted by Crippen LogP contribution is 2.59. The van der Waals surface area contributed by atoms with Gasteiger partial charge in [-0.3, -0.25) is 0 Å². The van der Waals surface area contributed by atoms with E-state index in [0.29, 0.717) is 36.2 Å². The van der Waals surface area contributed by atoms with Crippen molar-refractivity contribution in [3.8, 4) is 0 Å². The average Bonchev–Trinajstić information content (AvgIpc) is 3.02. The number of fused-ring (bicyclic) bond motifs is 1. The number of aliphatic hydroxyl groups excluding tert-OH is 3. The summed E-state index contributed by atoms with van der Waals surface area (Å²) in [6.07, 6.45) is 14.5. The number of aliphatic hydroxyl groups is 3. The summed E-state index contributed by atoms with van der Waals surface area (Å²) in [7, 11) is 0. The topological polar surface area (TPSA) is 60.7 Å². The van der Waals surface area contributed by atoms with Crippen molar-refractivity contribution in [1.29, 1.82) is 0 Å². The van der Waals surface area contributed by atoms with Crippen LogP contribution in [0, 0.1) is 23.2 Å². The Bertz CT molecular complexity index is 616. The van der Waals surface area contributed by atoms with E-state index in [4.69, 9.17) is 5.11 Å². The fourth-order valence-electron chi connectivity index (χ4n) is 6.40. The van der Waals surface area contributed by atoms with Crippen molar-refractivity contribution >= 4 is 0 Å².